The summed E-state index contributed by atoms with van der Waals surface area (Å²) in [7, 11) is 3.97. The van der Waals surface area contributed by atoms with Crippen LogP contribution < -0.4 is 0 Å². The molecular weight excluding hydrogens is 268 g/mol. The molecule has 1 amide bonds. The van der Waals surface area contributed by atoms with Crippen LogP contribution >= 0.6 is 0 Å². The van der Waals surface area contributed by atoms with Crippen LogP contribution in [0.2, 0.25) is 0 Å². The molecule has 0 aliphatic heterocycles. The van der Waals surface area contributed by atoms with Gasteiger partial charge < -0.3 is 14.9 Å². The first-order valence-corrected chi connectivity index (χ1v) is 7.99. The molecule has 21 heavy (non-hydrogen) atoms. The zero-order valence-corrected chi connectivity index (χ0v) is 14.0. The van der Waals surface area contributed by atoms with Crippen LogP contribution in [0.5, 0.6) is 0 Å². The van der Waals surface area contributed by atoms with E-state index in [4.69, 9.17) is 0 Å². The topological polar surface area (TPSA) is 60.9 Å². The highest BCUT2D eigenvalue weighted by Crippen LogP contribution is 2.39. The van der Waals surface area contributed by atoms with E-state index in [0.717, 1.165) is 19.4 Å². The Morgan fingerprint density at radius 2 is 1.76 bits per heavy atom. The molecule has 4 atom stereocenters. The summed E-state index contributed by atoms with van der Waals surface area (Å²) in [5, 5.41) is 9.41. The smallest absolute Gasteiger partial charge is 0.307 e. The van der Waals surface area contributed by atoms with Crippen LogP contribution in [0.25, 0.3) is 0 Å². The maximum absolute atomic E-state index is 12.8. The zero-order valence-electron chi connectivity index (χ0n) is 14.0. The molecule has 1 saturated carbocycles. The number of carboxylic acid groups (broad SMARTS) is 1. The highest BCUT2D eigenvalue weighted by atomic mass is 16.4. The summed E-state index contributed by atoms with van der Waals surface area (Å²) in [6, 6.07) is 0.104. The summed E-state index contributed by atoms with van der Waals surface area (Å²) in [6.45, 7) is 7.49. The second-order valence-corrected chi connectivity index (χ2v) is 6.53. The number of carbonyl (C=O) groups excluding carboxylic acids is 1. The lowest BCUT2D eigenvalue weighted by molar-refractivity contribution is -0.150. The second-order valence-electron chi connectivity index (χ2n) is 6.53. The summed E-state index contributed by atoms with van der Waals surface area (Å²) < 4.78 is 0. The minimum atomic E-state index is -0.819. The van der Waals surface area contributed by atoms with Crippen LogP contribution in [-0.4, -0.2) is 60.0 Å². The van der Waals surface area contributed by atoms with Crippen molar-refractivity contribution in [1.29, 1.82) is 0 Å². The number of likely N-dealkylation sites (N-methyl/N-ethyl adjacent to an activating group) is 2. The third-order valence-electron chi connectivity index (χ3n) is 4.66. The molecule has 5 heteroatoms. The van der Waals surface area contributed by atoms with Gasteiger partial charge in [0.2, 0.25) is 5.91 Å². The van der Waals surface area contributed by atoms with E-state index < -0.39 is 11.9 Å². The molecule has 0 aromatic rings. The average molecular weight is 298 g/mol. The van der Waals surface area contributed by atoms with Crippen molar-refractivity contribution in [3.05, 3.63) is 0 Å². The number of amides is 1. The van der Waals surface area contributed by atoms with Gasteiger partial charge in [0.25, 0.3) is 0 Å². The van der Waals surface area contributed by atoms with Crippen molar-refractivity contribution in [3.63, 3.8) is 0 Å². The molecule has 1 fully saturated rings. The van der Waals surface area contributed by atoms with Crippen LogP contribution in [0.1, 0.15) is 40.0 Å². The van der Waals surface area contributed by atoms with Gasteiger partial charge in [0.15, 0.2) is 0 Å². The number of carboxylic acids is 1. The van der Waals surface area contributed by atoms with E-state index in [2.05, 4.69) is 11.8 Å². The molecule has 0 radical (unpaired) electrons. The molecule has 0 bridgehead atoms. The third kappa shape index (κ3) is 4.43. The quantitative estimate of drug-likeness (QED) is 0.780. The minimum absolute atomic E-state index is 0.0233. The highest BCUT2D eigenvalue weighted by Gasteiger charge is 2.44. The summed E-state index contributed by atoms with van der Waals surface area (Å²) >= 11 is 0. The molecular formula is C16H30N2O3. The number of nitrogens with zero attached hydrogens (tertiary/aromatic N) is 2. The van der Waals surface area contributed by atoms with Gasteiger partial charge in [0, 0.05) is 19.1 Å². The van der Waals surface area contributed by atoms with Crippen molar-refractivity contribution >= 4 is 11.9 Å². The second kappa shape index (κ2) is 7.78. The first-order chi connectivity index (χ1) is 9.81. The number of hydrogen-bond donors (Lipinski definition) is 1. The molecule has 1 aliphatic rings. The standard InChI is InChI=1S/C16H30N2O3/c1-6-12-8-13(14(9-12)16(20)21)15(19)18(7-2)11(3)10-17(4)5/h11-14H,6-10H2,1-5H3,(H,20,21)/t11?,12?,13-,14+/m0/s1. The maximum Gasteiger partial charge on any atom is 0.307 e. The fraction of sp³-hybridized carbons (Fsp3) is 0.875. The van der Waals surface area contributed by atoms with Gasteiger partial charge in [-0.1, -0.05) is 13.3 Å². The fourth-order valence-corrected chi connectivity index (χ4v) is 3.55. The Morgan fingerprint density at radius 1 is 1.19 bits per heavy atom. The molecule has 0 aromatic carbocycles. The molecule has 0 heterocycles. The Morgan fingerprint density at radius 3 is 2.19 bits per heavy atom. The van der Waals surface area contributed by atoms with Crippen molar-refractivity contribution in [2.75, 3.05) is 27.2 Å². The minimum Gasteiger partial charge on any atom is -0.481 e. The molecule has 1 rings (SSSR count). The molecule has 122 valence electrons. The van der Waals surface area contributed by atoms with E-state index in [1.165, 1.54) is 0 Å². The molecule has 2 unspecified atom stereocenters. The van der Waals surface area contributed by atoms with Crippen molar-refractivity contribution in [2.45, 2.75) is 46.1 Å². The summed E-state index contributed by atoms with van der Waals surface area (Å²) in [4.78, 5) is 28.2. The zero-order chi connectivity index (χ0) is 16.2. The summed E-state index contributed by atoms with van der Waals surface area (Å²) in [5.74, 6) is -1.29. The van der Waals surface area contributed by atoms with E-state index >= 15 is 0 Å². The lowest BCUT2D eigenvalue weighted by Gasteiger charge is -2.33. The predicted octanol–water partition coefficient (Wildman–Crippen LogP) is 1.92. The number of hydrogen-bond acceptors (Lipinski definition) is 3. The summed E-state index contributed by atoms with van der Waals surface area (Å²) in [5.41, 5.74) is 0. The van der Waals surface area contributed by atoms with Gasteiger partial charge in [-0.05, 0) is 46.7 Å². The Kier molecular flexibility index (Phi) is 6.65. The average Bonchev–Trinajstić information content (AvgIpc) is 2.82. The lowest BCUT2D eigenvalue weighted by Crippen LogP contribution is -2.47. The van der Waals surface area contributed by atoms with Crippen molar-refractivity contribution in [2.24, 2.45) is 17.8 Å². The number of aliphatic carboxylic acids is 1. The van der Waals surface area contributed by atoms with Gasteiger partial charge in [0.1, 0.15) is 0 Å². The number of rotatable bonds is 7. The highest BCUT2D eigenvalue weighted by molar-refractivity contribution is 5.85. The maximum atomic E-state index is 12.8. The Hall–Kier alpha value is -1.10. The largest absolute Gasteiger partial charge is 0.481 e. The van der Waals surface area contributed by atoms with Gasteiger partial charge in [-0.15, -0.1) is 0 Å². The monoisotopic (exact) mass is 298 g/mol. The van der Waals surface area contributed by atoms with Crippen molar-refractivity contribution in [1.82, 2.24) is 9.80 Å². The van der Waals surface area contributed by atoms with E-state index in [0.29, 0.717) is 18.9 Å². The van der Waals surface area contributed by atoms with Crippen LogP contribution in [0.3, 0.4) is 0 Å². The molecule has 1 N–H and O–H groups in total. The van der Waals surface area contributed by atoms with E-state index in [1.54, 1.807) is 0 Å². The Labute approximate surface area is 128 Å². The van der Waals surface area contributed by atoms with Crippen LogP contribution in [0.4, 0.5) is 0 Å². The van der Waals surface area contributed by atoms with Gasteiger partial charge in [-0.2, -0.15) is 0 Å². The molecule has 1 aliphatic carbocycles. The normalized spacial score (nSPS) is 26.9. The Balaban J connectivity index is 2.84. The number of carbonyl (C=O) groups is 2. The lowest BCUT2D eigenvalue weighted by atomic mass is 9.94. The SMILES string of the molecule is CCC1C[C@H](C(=O)N(CC)C(C)CN(C)C)[C@H](C(=O)O)C1. The van der Waals surface area contributed by atoms with Crippen LogP contribution in [0, 0.1) is 17.8 Å². The first kappa shape index (κ1) is 18.0. The molecule has 0 aromatic heterocycles. The fourth-order valence-electron chi connectivity index (χ4n) is 3.55. The Bertz CT molecular complexity index is 371. The van der Waals surface area contributed by atoms with E-state index in [1.807, 2.05) is 32.8 Å². The molecule has 0 saturated heterocycles. The van der Waals surface area contributed by atoms with Crippen molar-refractivity contribution < 1.29 is 14.7 Å². The third-order valence-corrected chi connectivity index (χ3v) is 4.66. The molecule has 0 spiro atoms. The molecule has 5 nitrogen and oxygen atoms in total. The predicted molar refractivity (Wildman–Crippen MR) is 83.0 cm³/mol. The van der Waals surface area contributed by atoms with Crippen molar-refractivity contribution in [3.8, 4) is 0 Å². The summed E-state index contributed by atoms with van der Waals surface area (Å²) in [6.07, 6.45) is 2.31. The van der Waals surface area contributed by atoms with Crippen LogP contribution in [0.15, 0.2) is 0 Å². The van der Waals surface area contributed by atoms with E-state index in [9.17, 15) is 14.7 Å². The first-order valence-electron chi connectivity index (χ1n) is 7.99. The van der Waals surface area contributed by atoms with Gasteiger partial charge in [0.05, 0.1) is 11.8 Å². The van der Waals surface area contributed by atoms with Gasteiger partial charge in [-0.3, -0.25) is 9.59 Å². The van der Waals surface area contributed by atoms with Crippen LogP contribution in [-0.2, 0) is 9.59 Å². The van der Waals surface area contributed by atoms with E-state index in [-0.39, 0.29) is 17.9 Å². The van der Waals surface area contributed by atoms with Gasteiger partial charge >= 0.3 is 5.97 Å². The van der Waals surface area contributed by atoms with Gasteiger partial charge in [-0.25, -0.2) is 0 Å².